The molecule has 0 unspecified atom stereocenters. The number of rotatable bonds is 6. The van der Waals surface area contributed by atoms with Gasteiger partial charge in [0.05, 0.1) is 23.2 Å². The summed E-state index contributed by atoms with van der Waals surface area (Å²) in [5.41, 5.74) is 4.76. The summed E-state index contributed by atoms with van der Waals surface area (Å²) in [5, 5.41) is 1.06. The van der Waals surface area contributed by atoms with Gasteiger partial charge in [-0.3, -0.25) is 4.98 Å². The SMILES string of the molecule is COCCOc1nc2ccccc2n1-c1ccc2cccc(-c3cccnc3)c2n1. The number of benzene rings is 2. The molecular formula is C24H20N4O2. The molecule has 6 nitrogen and oxygen atoms in total. The molecule has 0 radical (unpaired) electrons. The summed E-state index contributed by atoms with van der Waals surface area (Å²) in [6.07, 6.45) is 3.63. The molecule has 0 spiro atoms. The van der Waals surface area contributed by atoms with Gasteiger partial charge in [-0.1, -0.05) is 36.4 Å². The molecule has 0 saturated carbocycles. The molecule has 6 heteroatoms. The number of methoxy groups -OCH3 is 1. The second kappa shape index (κ2) is 7.93. The van der Waals surface area contributed by atoms with Crippen LogP contribution >= 0.6 is 0 Å². The van der Waals surface area contributed by atoms with Gasteiger partial charge >= 0.3 is 6.01 Å². The lowest BCUT2D eigenvalue weighted by atomic mass is 10.0. The standard InChI is InChI=1S/C24H20N4O2/c1-29-14-15-30-24-26-20-9-2-3-10-21(20)28(24)22-12-11-17-6-4-8-19(23(17)27-22)18-7-5-13-25-16-18/h2-13,16H,14-15H2,1H3. The summed E-state index contributed by atoms with van der Waals surface area (Å²) in [5.74, 6) is 0.750. The third-order valence-corrected chi connectivity index (χ3v) is 4.96. The molecule has 2 aromatic carbocycles. The summed E-state index contributed by atoms with van der Waals surface area (Å²) in [7, 11) is 1.65. The first kappa shape index (κ1) is 18.3. The van der Waals surface area contributed by atoms with E-state index < -0.39 is 0 Å². The van der Waals surface area contributed by atoms with E-state index in [9.17, 15) is 0 Å². The number of hydrogen-bond acceptors (Lipinski definition) is 5. The molecule has 3 heterocycles. The number of aromatic nitrogens is 4. The Labute approximate surface area is 173 Å². The van der Waals surface area contributed by atoms with Gasteiger partial charge in [-0.2, -0.15) is 4.98 Å². The van der Waals surface area contributed by atoms with E-state index in [0.29, 0.717) is 19.2 Å². The molecule has 148 valence electrons. The topological polar surface area (TPSA) is 62.1 Å². The van der Waals surface area contributed by atoms with Crippen LogP contribution < -0.4 is 4.74 Å². The maximum absolute atomic E-state index is 5.92. The van der Waals surface area contributed by atoms with Crippen LogP contribution in [0.25, 0.3) is 38.9 Å². The highest BCUT2D eigenvalue weighted by Gasteiger charge is 2.16. The Hall–Kier alpha value is -3.77. The highest BCUT2D eigenvalue weighted by atomic mass is 16.5. The monoisotopic (exact) mass is 396 g/mol. The molecule has 5 rings (SSSR count). The van der Waals surface area contributed by atoms with Crippen LogP contribution in [0.3, 0.4) is 0 Å². The predicted molar refractivity (Wildman–Crippen MR) is 117 cm³/mol. The molecule has 0 fully saturated rings. The molecule has 0 aliphatic heterocycles. The minimum atomic E-state index is 0.411. The molecule has 0 aliphatic rings. The number of fused-ring (bicyclic) bond motifs is 2. The molecule has 0 amide bonds. The van der Waals surface area contributed by atoms with Crippen LogP contribution in [-0.4, -0.2) is 39.8 Å². The van der Waals surface area contributed by atoms with Gasteiger partial charge in [-0.15, -0.1) is 0 Å². The zero-order chi connectivity index (χ0) is 20.3. The van der Waals surface area contributed by atoms with Gasteiger partial charge in [0.1, 0.15) is 12.4 Å². The average Bonchev–Trinajstić information content (AvgIpc) is 3.17. The molecule has 0 saturated heterocycles. The minimum Gasteiger partial charge on any atom is -0.462 e. The fraction of sp³-hybridized carbons (Fsp3) is 0.125. The molecule has 0 N–H and O–H groups in total. The fourth-order valence-electron chi connectivity index (χ4n) is 3.55. The zero-order valence-corrected chi connectivity index (χ0v) is 16.5. The van der Waals surface area contributed by atoms with Crippen molar-refractivity contribution in [3.8, 4) is 23.0 Å². The third-order valence-electron chi connectivity index (χ3n) is 4.96. The smallest absolute Gasteiger partial charge is 0.303 e. The molecular weight excluding hydrogens is 376 g/mol. The maximum Gasteiger partial charge on any atom is 0.303 e. The Balaban J connectivity index is 1.70. The number of imidazole rings is 1. The van der Waals surface area contributed by atoms with Gasteiger partial charge in [-0.05, 0) is 30.3 Å². The Morgan fingerprint density at radius 3 is 2.67 bits per heavy atom. The molecule has 0 atom stereocenters. The maximum atomic E-state index is 5.92. The average molecular weight is 396 g/mol. The molecule has 30 heavy (non-hydrogen) atoms. The van der Waals surface area contributed by atoms with E-state index in [1.807, 2.05) is 59.3 Å². The van der Waals surface area contributed by atoms with Crippen LogP contribution in [-0.2, 0) is 4.74 Å². The van der Waals surface area contributed by atoms with Crippen molar-refractivity contribution in [2.45, 2.75) is 0 Å². The lowest BCUT2D eigenvalue weighted by Crippen LogP contribution is -2.09. The van der Waals surface area contributed by atoms with Crippen molar-refractivity contribution in [1.82, 2.24) is 19.5 Å². The van der Waals surface area contributed by atoms with E-state index in [2.05, 4.69) is 28.2 Å². The third kappa shape index (κ3) is 3.27. The van der Waals surface area contributed by atoms with E-state index in [0.717, 1.165) is 38.9 Å². The van der Waals surface area contributed by atoms with Gasteiger partial charge in [0.15, 0.2) is 0 Å². The van der Waals surface area contributed by atoms with E-state index >= 15 is 0 Å². The molecule has 0 aliphatic carbocycles. The van der Waals surface area contributed by atoms with Crippen molar-refractivity contribution < 1.29 is 9.47 Å². The number of nitrogens with zero attached hydrogens (tertiary/aromatic N) is 4. The lowest BCUT2D eigenvalue weighted by molar-refractivity contribution is 0.140. The highest BCUT2D eigenvalue weighted by Crippen LogP contribution is 2.30. The summed E-state index contributed by atoms with van der Waals surface area (Å²) in [6, 6.07) is 22.7. The van der Waals surface area contributed by atoms with Crippen LogP contribution in [0.1, 0.15) is 0 Å². The van der Waals surface area contributed by atoms with E-state index in [-0.39, 0.29) is 0 Å². The summed E-state index contributed by atoms with van der Waals surface area (Å²) < 4.78 is 13.0. The Morgan fingerprint density at radius 2 is 1.80 bits per heavy atom. The minimum absolute atomic E-state index is 0.411. The second-order valence-corrected chi connectivity index (χ2v) is 6.85. The summed E-state index contributed by atoms with van der Waals surface area (Å²) in [6.45, 7) is 0.897. The first-order chi connectivity index (χ1) is 14.8. The zero-order valence-electron chi connectivity index (χ0n) is 16.5. The van der Waals surface area contributed by atoms with Crippen LogP contribution in [0.5, 0.6) is 6.01 Å². The van der Waals surface area contributed by atoms with Gasteiger partial charge < -0.3 is 9.47 Å². The molecule has 5 aromatic rings. The Morgan fingerprint density at radius 1 is 0.867 bits per heavy atom. The number of pyridine rings is 2. The first-order valence-electron chi connectivity index (χ1n) is 9.75. The largest absolute Gasteiger partial charge is 0.462 e. The van der Waals surface area contributed by atoms with E-state index in [1.165, 1.54) is 0 Å². The lowest BCUT2D eigenvalue weighted by Gasteiger charge is -2.12. The van der Waals surface area contributed by atoms with Crippen LogP contribution in [0.4, 0.5) is 0 Å². The van der Waals surface area contributed by atoms with Crippen molar-refractivity contribution in [1.29, 1.82) is 0 Å². The molecule has 0 bridgehead atoms. The number of ether oxygens (including phenoxy) is 2. The normalized spacial score (nSPS) is 11.2. The second-order valence-electron chi connectivity index (χ2n) is 6.85. The van der Waals surface area contributed by atoms with Crippen molar-refractivity contribution in [2.24, 2.45) is 0 Å². The quantitative estimate of drug-likeness (QED) is 0.391. The first-order valence-corrected chi connectivity index (χ1v) is 9.75. The van der Waals surface area contributed by atoms with Crippen molar-refractivity contribution >= 4 is 21.9 Å². The number of hydrogen-bond donors (Lipinski definition) is 0. The van der Waals surface area contributed by atoms with Gasteiger partial charge in [0.25, 0.3) is 0 Å². The fourth-order valence-corrected chi connectivity index (χ4v) is 3.55. The highest BCUT2D eigenvalue weighted by molar-refractivity contribution is 5.94. The van der Waals surface area contributed by atoms with Crippen molar-refractivity contribution in [2.75, 3.05) is 20.3 Å². The van der Waals surface area contributed by atoms with Crippen LogP contribution in [0.15, 0.2) is 79.1 Å². The Bertz CT molecular complexity index is 1320. The number of para-hydroxylation sites is 3. The van der Waals surface area contributed by atoms with Gasteiger partial charge in [-0.25, -0.2) is 9.55 Å². The summed E-state index contributed by atoms with van der Waals surface area (Å²) in [4.78, 5) is 13.9. The summed E-state index contributed by atoms with van der Waals surface area (Å²) >= 11 is 0. The molecule has 3 aromatic heterocycles. The van der Waals surface area contributed by atoms with Crippen molar-refractivity contribution in [3.63, 3.8) is 0 Å². The van der Waals surface area contributed by atoms with Crippen LogP contribution in [0, 0.1) is 0 Å². The van der Waals surface area contributed by atoms with E-state index in [1.54, 1.807) is 13.3 Å². The van der Waals surface area contributed by atoms with Crippen molar-refractivity contribution in [3.05, 3.63) is 79.1 Å². The van der Waals surface area contributed by atoms with Crippen LogP contribution in [0.2, 0.25) is 0 Å². The van der Waals surface area contributed by atoms with Gasteiger partial charge in [0, 0.05) is 36.0 Å². The Kier molecular flexibility index (Phi) is 4.83. The predicted octanol–water partition coefficient (Wildman–Crippen LogP) is 4.66. The van der Waals surface area contributed by atoms with E-state index in [4.69, 9.17) is 14.5 Å². The van der Waals surface area contributed by atoms with Gasteiger partial charge in [0.2, 0.25) is 0 Å².